The van der Waals surface area contributed by atoms with Crippen LogP contribution < -0.4 is 4.74 Å². The second-order valence-corrected chi connectivity index (χ2v) is 4.03. The summed E-state index contributed by atoms with van der Waals surface area (Å²) in [6.45, 7) is 0.643. The minimum absolute atomic E-state index is 0.130. The molecular weight excluding hydrogens is 211 g/mol. The molecule has 4 heteroatoms. The Bertz CT molecular complexity index is 350. The summed E-state index contributed by atoms with van der Waals surface area (Å²) in [5.41, 5.74) is 0.497. The summed E-state index contributed by atoms with van der Waals surface area (Å²) >= 11 is 0. The Kier molecular flexibility index (Phi) is 3.74. The van der Waals surface area contributed by atoms with Gasteiger partial charge in [-0.25, -0.2) is 4.39 Å². The monoisotopic (exact) mass is 226 g/mol. The molecule has 0 aromatic heterocycles. The van der Waals surface area contributed by atoms with Crippen LogP contribution in [0.3, 0.4) is 0 Å². The average molecular weight is 226 g/mol. The van der Waals surface area contributed by atoms with Crippen molar-refractivity contribution >= 4 is 0 Å². The Labute approximate surface area is 93.8 Å². The van der Waals surface area contributed by atoms with Crippen LogP contribution in [0.4, 0.5) is 4.39 Å². The Morgan fingerprint density at radius 1 is 1.31 bits per heavy atom. The lowest BCUT2D eigenvalue weighted by atomic mass is 10.2. The van der Waals surface area contributed by atoms with Gasteiger partial charge in [0.15, 0.2) is 6.79 Å². The number of aliphatic hydroxyl groups excluding tert-OH is 1. The maximum absolute atomic E-state index is 13.0. The molecule has 88 valence electrons. The van der Waals surface area contributed by atoms with Crippen LogP contribution in [0.5, 0.6) is 5.75 Å². The maximum atomic E-state index is 13.0. The summed E-state index contributed by atoms with van der Waals surface area (Å²) < 4.78 is 23.5. The normalized spacial score (nSPS) is 15.1. The second-order valence-electron chi connectivity index (χ2n) is 4.03. The van der Waals surface area contributed by atoms with E-state index in [1.54, 1.807) is 6.07 Å². The van der Waals surface area contributed by atoms with Crippen LogP contribution in [0.15, 0.2) is 18.2 Å². The van der Waals surface area contributed by atoms with Gasteiger partial charge >= 0.3 is 0 Å². The molecule has 0 saturated heterocycles. The van der Waals surface area contributed by atoms with Gasteiger partial charge in [0.25, 0.3) is 0 Å². The number of ether oxygens (including phenoxy) is 2. The van der Waals surface area contributed by atoms with Crippen LogP contribution in [-0.2, 0) is 11.3 Å². The fourth-order valence-electron chi connectivity index (χ4n) is 1.40. The molecule has 0 bridgehead atoms. The van der Waals surface area contributed by atoms with Crippen molar-refractivity contribution in [2.24, 2.45) is 5.92 Å². The van der Waals surface area contributed by atoms with E-state index in [1.807, 2.05) is 0 Å². The van der Waals surface area contributed by atoms with Gasteiger partial charge in [-0.2, -0.15) is 0 Å². The smallest absolute Gasteiger partial charge is 0.189 e. The van der Waals surface area contributed by atoms with Crippen molar-refractivity contribution in [1.82, 2.24) is 0 Å². The van der Waals surface area contributed by atoms with Gasteiger partial charge in [0, 0.05) is 6.07 Å². The molecular formula is C12H15FO3. The van der Waals surface area contributed by atoms with E-state index in [1.165, 1.54) is 25.0 Å². The Morgan fingerprint density at radius 3 is 2.81 bits per heavy atom. The van der Waals surface area contributed by atoms with Crippen molar-refractivity contribution in [3.8, 4) is 5.75 Å². The van der Waals surface area contributed by atoms with Crippen LogP contribution in [0, 0.1) is 11.7 Å². The zero-order valence-electron chi connectivity index (χ0n) is 8.99. The third-order valence-corrected chi connectivity index (χ3v) is 2.47. The van der Waals surface area contributed by atoms with Gasteiger partial charge < -0.3 is 14.6 Å². The zero-order chi connectivity index (χ0) is 11.4. The predicted molar refractivity (Wildman–Crippen MR) is 56.5 cm³/mol. The van der Waals surface area contributed by atoms with Gasteiger partial charge in [-0.3, -0.25) is 0 Å². The third kappa shape index (κ3) is 3.47. The summed E-state index contributed by atoms with van der Waals surface area (Å²) in [7, 11) is 0. The molecule has 0 aliphatic heterocycles. The molecule has 0 radical (unpaired) electrons. The van der Waals surface area contributed by atoms with Crippen LogP contribution in [-0.4, -0.2) is 18.5 Å². The SMILES string of the molecule is OCc1cc(F)cc(OCOCC2CC2)c1. The average Bonchev–Trinajstić information content (AvgIpc) is 3.07. The Hall–Kier alpha value is -1.13. The zero-order valence-corrected chi connectivity index (χ0v) is 8.99. The fraction of sp³-hybridized carbons (Fsp3) is 0.500. The molecule has 3 nitrogen and oxygen atoms in total. The topological polar surface area (TPSA) is 38.7 Å². The van der Waals surface area contributed by atoms with Gasteiger partial charge in [0.05, 0.1) is 13.2 Å². The van der Waals surface area contributed by atoms with E-state index in [4.69, 9.17) is 14.6 Å². The van der Waals surface area contributed by atoms with Crippen LogP contribution in [0.25, 0.3) is 0 Å². The molecule has 1 saturated carbocycles. The van der Waals surface area contributed by atoms with E-state index in [0.29, 0.717) is 23.8 Å². The van der Waals surface area contributed by atoms with Crippen molar-refractivity contribution < 1.29 is 19.0 Å². The number of hydrogen-bond donors (Lipinski definition) is 1. The molecule has 16 heavy (non-hydrogen) atoms. The first-order valence-electron chi connectivity index (χ1n) is 5.39. The van der Waals surface area contributed by atoms with Gasteiger partial charge in [0.2, 0.25) is 0 Å². The largest absolute Gasteiger partial charge is 0.467 e. The molecule has 1 aromatic rings. The molecule has 0 amide bonds. The third-order valence-electron chi connectivity index (χ3n) is 2.47. The van der Waals surface area contributed by atoms with Crippen molar-refractivity contribution in [2.45, 2.75) is 19.4 Å². The molecule has 1 aliphatic carbocycles. The molecule has 1 aliphatic rings. The van der Waals surface area contributed by atoms with E-state index in [-0.39, 0.29) is 13.4 Å². The van der Waals surface area contributed by atoms with Crippen molar-refractivity contribution in [3.05, 3.63) is 29.6 Å². The fourth-order valence-corrected chi connectivity index (χ4v) is 1.40. The van der Waals surface area contributed by atoms with Gasteiger partial charge in [-0.05, 0) is 36.5 Å². The number of halogens is 1. The summed E-state index contributed by atoms with van der Waals surface area (Å²) in [5.74, 6) is 0.660. The molecule has 1 fully saturated rings. The minimum atomic E-state index is -0.413. The highest BCUT2D eigenvalue weighted by atomic mass is 19.1. The van der Waals surface area contributed by atoms with Gasteiger partial charge in [-0.1, -0.05) is 0 Å². The van der Waals surface area contributed by atoms with Crippen molar-refractivity contribution in [2.75, 3.05) is 13.4 Å². The van der Waals surface area contributed by atoms with E-state index < -0.39 is 5.82 Å². The molecule has 1 N–H and O–H groups in total. The van der Waals surface area contributed by atoms with Gasteiger partial charge in [-0.15, -0.1) is 0 Å². The number of aliphatic hydroxyl groups is 1. The first kappa shape index (κ1) is 11.4. The van der Waals surface area contributed by atoms with E-state index in [0.717, 1.165) is 0 Å². The van der Waals surface area contributed by atoms with Gasteiger partial charge in [0.1, 0.15) is 11.6 Å². The predicted octanol–water partition coefficient (Wildman–Crippen LogP) is 2.08. The first-order chi connectivity index (χ1) is 7.78. The van der Waals surface area contributed by atoms with E-state index >= 15 is 0 Å². The lowest BCUT2D eigenvalue weighted by molar-refractivity contribution is 0.00974. The standard InChI is InChI=1S/C12H15FO3/c13-11-3-10(6-14)4-12(5-11)16-8-15-7-9-1-2-9/h3-5,9,14H,1-2,6-8H2. The number of rotatable bonds is 6. The van der Waals surface area contributed by atoms with Crippen molar-refractivity contribution in [1.29, 1.82) is 0 Å². The molecule has 0 spiro atoms. The van der Waals surface area contributed by atoms with E-state index in [9.17, 15) is 4.39 Å². The summed E-state index contributed by atoms with van der Waals surface area (Å²) in [4.78, 5) is 0. The lowest BCUT2D eigenvalue weighted by Crippen LogP contribution is -2.05. The molecule has 0 heterocycles. The molecule has 0 atom stereocenters. The maximum Gasteiger partial charge on any atom is 0.189 e. The van der Waals surface area contributed by atoms with Crippen LogP contribution in [0.2, 0.25) is 0 Å². The summed E-state index contributed by atoms with van der Waals surface area (Å²) in [6.07, 6.45) is 2.46. The Morgan fingerprint density at radius 2 is 2.12 bits per heavy atom. The Balaban J connectivity index is 1.80. The second kappa shape index (κ2) is 5.27. The highest BCUT2D eigenvalue weighted by molar-refractivity contribution is 5.29. The summed E-state index contributed by atoms with van der Waals surface area (Å²) in [5, 5.41) is 8.89. The number of hydrogen-bond acceptors (Lipinski definition) is 3. The molecule has 0 unspecified atom stereocenters. The molecule has 1 aromatic carbocycles. The minimum Gasteiger partial charge on any atom is -0.467 e. The first-order valence-corrected chi connectivity index (χ1v) is 5.39. The highest BCUT2D eigenvalue weighted by Gasteiger charge is 2.21. The number of benzene rings is 1. The summed E-state index contributed by atoms with van der Waals surface area (Å²) in [6, 6.07) is 4.15. The molecule has 2 rings (SSSR count). The van der Waals surface area contributed by atoms with E-state index in [2.05, 4.69) is 0 Å². The lowest BCUT2D eigenvalue weighted by Gasteiger charge is -2.08. The van der Waals surface area contributed by atoms with Crippen molar-refractivity contribution in [3.63, 3.8) is 0 Å². The van der Waals surface area contributed by atoms with Crippen LogP contribution in [0.1, 0.15) is 18.4 Å². The quantitative estimate of drug-likeness (QED) is 0.596. The highest BCUT2D eigenvalue weighted by Crippen LogP contribution is 2.28. The van der Waals surface area contributed by atoms with Crippen LogP contribution >= 0.6 is 0 Å².